The third-order valence-corrected chi connectivity index (χ3v) is 3.32. The van der Waals surface area contributed by atoms with Crippen molar-refractivity contribution in [1.29, 1.82) is 0 Å². The van der Waals surface area contributed by atoms with Gasteiger partial charge in [0.2, 0.25) is 0 Å². The largest absolute Gasteiger partial charge is 0.396 e. The maximum absolute atomic E-state index is 13.1. The second-order valence-electron chi connectivity index (χ2n) is 3.26. The Bertz CT molecular complexity index is 624. The number of sulfonamides is 1. The van der Waals surface area contributed by atoms with Gasteiger partial charge < -0.3 is 10.7 Å². The van der Waals surface area contributed by atoms with Gasteiger partial charge in [0, 0.05) is 6.07 Å². The Hall–Kier alpha value is -2.09. The lowest BCUT2D eigenvalue weighted by molar-refractivity contribution is 0.598. The fraction of sp³-hybridized carbons (Fsp3) is 0. The first kappa shape index (κ1) is 11.4. The average molecular weight is 256 g/mol. The standard InChI is InChI=1S/C9H9FN4O2S/c10-7-3-6(1-2-8(7)11)14-17(15,16)9-4-12-5-13-9/h1-5,14H,11H2,(H,12,13). The molecular formula is C9H9FN4O2S. The topological polar surface area (TPSA) is 101 Å². The Kier molecular flexibility index (Phi) is 2.72. The minimum absolute atomic E-state index is 0.0468. The number of hydrogen-bond donors (Lipinski definition) is 3. The summed E-state index contributed by atoms with van der Waals surface area (Å²) < 4.78 is 38.8. The first-order valence-electron chi connectivity index (χ1n) is 4.55. The van der Waals surface area contributed by atoms with Gasteiger partial charge in [-0.15, -0.1) is 0 Å². The summed E-state index contributed by atoms with van der Waals surface area (Å²) in [6.07, 6.45) is 2.38. The minimum atomic E-state index is -3.78. The Labute approximate surface area is 96.7 Å². The quantitative estimate of drug-likeness (QED) is 0.711. The van der Waals surface area contributed by atoms with Crippen LogP contribution in [0.4, 0.5) is 15.8 Å². The van der Waals surface area contributed by atoms with Gasteiger partial charge in [0.25, 0.3) is 10.0 Å². The summed E-state index contributed by atoms with van der Waals surface area (Å²) in [5.74, 6) is -0.685. The number of aromatic amines is 1. The third kappa shape index (κ3) is 2.36. The van der Waals surface area contributed by atoms with E-state index in [0.29, 0.717) is 0 Å². The van der Waals surface area contributed by atoms with Crippen molar-refractivity contribution in [2.75, 3.05) is 10.5 Å². The molecule has 0 amide bonds. The maximum atomic E-state index is 13.1. The minimum Gasteiger partial charge on any atom is -0.396 e. The molecule has 6 nitrogen and oxygen atoms in total. The molecule has 0 unspecified atom stereocenters. The molecule has 0 aliphatic heterocycles. The number of hydrogen-bond acceptors (Lipinski definition) is 4. The van der Waals surface area contributed by atoms with Crippen LogP contribution in [0.1, 0.15) is 0 Å². The van der Waals surface area contributed by atoms with Crippen molar-refractivity contribution in [2.45, 2.75) is 5.03 Å². The number of nitrogens with one attached hydrogen (secondary N) is 2. The van der Waals surface area contributed by atoms with Crippen LogP contribution in [0.15, 0.2) is 35.7 Å². The van der Waals surface area contributed by atoms with E-state index in [1.807, 2.05) is 0 Å². The zero-order valence-electron chi connectivity index (χ0n) is 8.51. The molecule has 0 radical (unpaired) electrons. The predicted octanol–water partition coefficient (Wildman–Crippen LogP) is 0.932. The number of aromatic nitrogens is 2. The molecule has 1 aromatic carbocycles. The normalized spacial score (nSPS) is 11.4. The summed E-state index contributed by atoms with van der Waals surface area (Å²) in [5.41, 5.74) is 5.32. The summed E-state index contributed by atoms with van der Waals surface area (Å²) in [5, 5.41) is -0.102. The van der Waals surface area contributed by atoms with Crippen LogP contribution in [0.5, 0.6) is 0 Å². The molecule has 2 aromatic rings. The molecule has 17 heavy (non-hydrogen) atoms. The molecule has 1 aromatic heterocycles. The number of nitrogens with zero attached hydrogens (tertiary/aromatic N) is 1. The lowest BCUT2D eigenvalue weighted by Crippen LogP contribution is -2.13. The molecule has 0 fully saturated rings. The van der Waals surface area contributed by atoms with E-state index in [1.165, 1.54) is 18.5 Å². The Balaban J connectivity index is 2.30. The highest BCUT2D eigenvalue weighted by atomic mass is 32.2. The fourth-order valence-corrected chi connectivity index (χ4v) is 2.15. The highest BCUT2D eigenvalue weighted by Crippen LogP contribution is 2.18. The number of rotatable bonds is 3. The van der Waals surface area contributed by atoms with Crippen LogP contribution in [0.3, 0.4) is 0 Å². The van der Waals surface area contributed by atoms with Gasteiger partial charge in [-0.05, 0) is 12.1 Å². The number of H-pyrrole nitrogens is 1. The van der Waals surface area contributed by atoms with E-state index < -0.39 is 15.8 Å². The van der Waals surface area contributed by atoms with Crippen molar-refractivity contribution in [3.05, 3.63) is 36.5 Å². The highest BCUT2D eigenvalue weighted by Gasteiger charge is 2.15. The molecule has 2 rings (SSSR count). The van der Waals surface area contributed by atoms with E-state index in [-0.39, 0.29) is 16.4 Å². The van der Waals surface area contributed by atoms with E-state index in [9.17, 15) is 12.8 Å². The van der Waals surface area contributed by atoms with E-state index >= 15 is 0 Å². The zero-order valence-corrected chi connectivity index (χ0v) is 9.33. The summed E-state index contributed by atoms with van der Waals surface area (Å²) in [6, 6.07) is 3.65. The number of nitrogens with two attached hydrogens (primary N) is 1. The van der Waals surface area contributed by atoms with Gasteiger partial charge in [-0.25, -0.2) is 9.37 Å². The first-order valence-corrected chi connectivity index (χ1v) is 6.03. The number of benzene rings is 1. The highest BCUT2D eigenvalue weighted by molar-refractivity contribution is 7.92. The van der Waals surface area contributed by atoms with Crippen molar-refractivity contribution in [1.82, 2.24) is 9.97 Å². The molecule has 0 spiro atoms. The molecule has 8 heteroatoms. The van der Waals surface area contributed by atoms with Crippen molar-refractivity contribution < 1.29 is 12.8 Å². The summed E-state index contributed by atoms with van der Waals surface area (Å²) in [4.78, 5) is 6.04. The lowest BCUT2D eigenvalue weighted by Gasteiger charge is -2.06. The Morgan fingerprint density at radius 2 is 2.18 bits per heavy atom. The number of nitrogen functional groups attached to an aromatic ring is 1. The smallest absolute Gasteiger partial charge is 0.278 e. The number of anilines is 2. The van der Waals surface area contributed by atoms with Crippen molar-refractivity contribution in [2.24, 2.45) is 0 Å². The van der Waals surface area contributed by atoms with Crippen molar-refractivity contribution in [3.63, 3.8) is 0 Å². The molecule has 0 saturated heterocycles. The van der Waals surface area contributed by atoms with E-state index in [4.69, 9.17) is 5.73 Å². The molecule has 1 heterocycles. The molecular weight excluding hydrogens is 247 g/mol. The van der Waals surface area contributed by atoms with Crippen LogP contribution in [0, 0.1) is 5.82 Å². The molecule has 90 valence electrons. The third-order valence-electron chi connectivity index (χ3n) is 2.02. The molecule has 4 N–H and O–H groups in total. The van der Waals surface area contributed by atoms with Crippen molar-refractivity contribution in [3.8, 4) is 0 Å². The Morgan fingerprint density at radius 3 is 2.76 bits per heavy atom. The van der Waals surface area contributed by atoms with Crippen molar-refractivity contribution >= 4 is 21.4 Å². The van der Waals surface area contributed by atoms with Gasteiger partial charge in [-0.3, -0.25) is 4.72 Å². The second kappa shape index (κ2) is 4.06. The van der Waals surface area contributed by atoms with E-state index in [0.717, 1.165) is 12.3 Å². The predicted molar refractivity (Wildman–Crippen MR) is 60.2 cm³/mol. The summed E-state index contributed by atoms with van der Waals surface area (Å²) in [7, 11) is -3.78. The molecule has 0 bridgehead atoms. The monoisotopic (exact) mass is 256 g/mol. The van der Waals surface area contributed by atoms with E-state index in [2.05, 4.69) is 14.7 Å². The van der Waals surface area contributed by atoms with Crippen LogP contribution in [-0.2, 0) is 10.0 Å². The van der Waals surface area contributed by atoms with Gasteiger partial charge in [-0.2, -0.15) is 8.42 Å². The van der Waals surface area contributed by atoms with Crippen LogP contribution in [-0.4, -0.2) is 18.4 Å². The van der Waals surface area contributed by atoms with Gasteiger partial charge in [0.05, 0.1) is 23.9 Å². The zero-order chi connectivity index (χ0) is 12.5. The SMILES string of the molecule is Nc1ccc(NS(=O)(=O)c2cnc[nH]2)cc1F. The number of imidazole rings is 1. The molecule has 0 saturated carbocycles. The first-order chi connectivity index (χ1) is 7.99. The van der Waals surface area contributed by atoms with Crippen LogP contribution in [0.25, 0.3) is 0 Å². The van der Waals surface area contributed by atoms with Crippen LogP contribution >= 0.6 is 0 Å². The van der Waals surface area contributed by atoms with Gasteiger partial charge in [-0.1, -0.05) is 0 Å². The number of halogens is 1. The van der Waals surface area contributed by atoms with Crippen LogP contribution < -0.4 is 10.5 Å². The molecule has 0 aliphatic rings. The fourth-order valence-electron chi connectivity index (χ4n) is 1.19. The lowest BCUT2D eigenvalue weighted by atomic mass is 10.3. The maximum Gasteiger partial charge on any atom is 0.278 e. The Morgan fingerprint density at radius 1 is 1.41 bits per heavy atom. The van der Waals surface area contributed by atoms with E-state index in [1.54, 1.807) is 0 Å². The van der Waals surface area contributed by atoms with Gasteiger partial charge >= 0.3 is 0 Å². The molecule has 0 aliphatic carbocycles. The van der Waals surface area contributed by atoms with Gasteiger partial charge in [0.15, 0.2) is 5.03 Å². The summed E-state index contributed by atoms with van der Waals surface area (Å²) >= 11 is 0. The summed E-state index contributed by atoms with van der Waals surface area (Å²) in [6.45, 7) is 0. The second-order valence-corrected chi connectivity index (χ2v) is 4.91. The van der Waals surface area contributed by atoms with Crippen LogP contribution in [0.2, 0.25) is 0 Å². The molecule has 0 atom stereocenters. The average Bonchev–Trinajstić information content (AvgIpc) is 2.77. The van der Waals surface area contributed by atoms with Gasteiger partial charge in [0.1, 0.15) is 5.82 Å².